The lowest BCUT2D eigenvalue weighted by molar-refractivity contribution is -0.485. The zero-order valence-corrected chi connectivity index (χ0v) is 28.4. The Labute approximate surface area is 277 Å². The van der Waals surface area contributed by atoms with Crippen molar-refractivity contribution in [2.45, 2.75) is 122 Å². The van der Waals surface area contributed by atoms with Gasteiger partial charge >= 0.3 is 0 Å². The first kappa shape index (κ1) is 39.4. The van der Waals surface area contributed by atoms with Crippen LogP contribution in [0.15, 0.2) is 5.10 Å². The number of hydrazone groups is 1. The molecule has 2 fully saturated rings. The van der Waals surface area contributed by atoms with Crippen LogP contribution in [-0.4, -0.2) is 101 Å². The number of amides is 4. The van der Waals surface area contributed by atoms with E-state index in [1.165, 1.54) is 0 Å². The van der Waals surface area contributed by atoms with Crippen molar-refractivity contribution < 1.29 is 29.0 Å². The minimum Gasteiger partial charge on any atom is -0.365 e. The Bertz CT molecular complexity index is 1130. The number of carbonyl (C=O) groups excluding carboxylic acids is 5. The van der Waals surface area contributed by atoms with E-state index >= 15 is 0 Å². The van der Waals surface area contributed by atoms with Gasteiger partial charge in [0.25, 0.3) is 5.96 Å². The summed E-state index contributed by atoms with van der Waals surface area (Å²) in [6.45, 7) is 8.51. The average Bonchev–Trinajstić information content (AvgIpc) is 3.71. The van der Waals surface area contributed by atoms with Crippen LogP contribution in [0.1, 0.15) is 98.3 Å². The van der Waals surface area contributed by atoms with Crippen molar-refractivity contribution in [2.24, 2.45) is 28.4 Å². The largest absolute Gasteiger partial charge is 0.365 e. The normalized spacial score (nSPS) is 20.1. The molecule has 16 nitrogen and oxygen atoms in total. The number of nitrogens with one attached hydrogen (secondary N) is 3. The van der Waals surface area contributed by atoms with Gasteiger partial charge in [-0.15, -0.1) is 0 Å². The van der Waals surface area contributed by atoms with Crippen LogP contribution in [0.4, 0.5) is 0 Å². The predicted octanol–water partition coefficient (Wildman–Crippen LogP) is 0.605. The fourth-order valence-electron chi connectivity index (χ4n) is 6.30. The molecule has 4 amide bonds. The van der Waals surface area contributed by atoms with Gasteiger partial charge in [-0.1, -0.05) is 47.0 Å². The van der Waals surface area contributed by atoms with Crippen LogP contribution in [0.3, 0.4) is 0 Å². The average molecular weight is 666 g/mol. The summed E-state index contributed by atoms with van der Waals surface area (Å²) in [5.41, 5.74) is 10.9. The molecule has 5 unspecified atom stereocenters. The number of nitro groups is 1. The standard InChI is InChI=1S/C31H55N9O7/c1-5-6-7-12-22(35-28(43)27(20(2)3)36-26(42)19-32)29(44)39-17-10-14-24(39)30(45)38-16-9-13-23(38)25(41)18-21(4)11-8-15-34-31(33)37-40(46)47/h20-24,27H,5-19,32H2,1-4H3,(H,35,43)(H,36,42)(H3,33,34,37). The number of carbonyl (C=O) groups is 5. The molecule has 47 heavy (non-hydrogen) atoms. The molecule has 2 aliphatic heterocycles. The first-order valence-corrected chi connectivity index (χ1v) is 17.0. The molecule has 0 saturated carbocycles. The van der Waals surface area contributed by atoms with Gasteiger partial charge < -0.3 is 37.2 Å². The van der Waals surface area contributed by atoms with Crippen LogP contribution >= 0.6 is 0 Å². The summed E-state index contributed by atoms with van der Waals surface area (Å²) in [6, 6.07) is -2.99. The maximum atomic E-state index is 14.0. The molecule has 16 heteroatoms. The summed E-state index contributed by atoms with van der Waals surface area (Å²) in [6.07, 6.45) is 6.85. The summed E-state index contributed by atoms with van der Waals surface area (Å²) >= 11 is 0. The van der Waals surface area contributed by atoms with Crippen molar-refractivity contribution in [3.63, 3.8) is 0 Å². The zero-order valence-electron chi connectivity index (χ0n) is 28.4. The molecular formula is C31H55N9O7. The predicted molar refractivity (Wildman–Crippen MR) is 176 cm³/mol. The van der Waals surface area contributed by atoms with Crippen LogP contribution in [-0.2, 0) is 24.0 Å². The number of Topliss-reactive ketones (excluding diaryl/α,β-unsaturated/α-hetero) is 1. The number of nitrogens with two attached hydrogens (primary N) is 2. The van der Waals surface area contributed by atoms with Crippen molar-refractivity contribution in [3.8, 4) is 0 Å². The highest BCUT2D eigenvalue weighted by atomic mass is 16.7. The molecule has 7 N–H and O–H groups in total. The highest BCUT2D eigenvalue weighted by Gasteiger charge is 2.43. The summed E-state index contributed by atoms with van der Waals surface area (Å²) in [5.74, 6) is -2.02. The molecule has 5 atom stereocenters. The van der Waals surface area contributed by atoms with E-state index in [4.69, 9.17) is 11.5 Å². The number of ketones is 1. The third-order valence-corrected chi connectivity index (χ3v) is 8.81. The van der Waals surface area contributed by atoms with Crippen LogP contribution in [0.5, 0.6) is 0 Å². The van der Waals surface area contributed by atoms with E-state index in [-0.39, 0.29) is 48.4 Å². The van der Waals surface area contributed by atoms with Crippen molar-refractivity contribution >= 4 is 35.4 Å². The van der Waals surface area contributed by atoms with Crippen LogP contribution in [0.25, 0.3) is 0 Å². The summed E-state index contributed by atoms with van der Waals surface area (Å²) in [5, 5.41) is 20.7. The summed E-state index contributed by atoms with van der Waals surface area (Å²) < 4.78 is 0. The monoisotopic (exact) mass is 665 g/mol. The highest BCUT2D eigenvalue weighted by molar-refractivity contribution is 5.96. The fourth-order valence-corrected chi connectivity index (χ4v) is 6.30. The maximum absolute atomic E-state index is 14.0. The molecule has 2 aliphatic rings. The first-order valence-electron chi connectivity index (χ1n) is 17.0. The topological polar surface area (TPSA) is 235 Å². The van der Waals surface area contributed by atoms with Crippen LogP contribution in [0.2, 0.25) is 0 Å². The van der Waals surface area contributed by atoms with E-state index in [0.717, 1.165) is 12.8 Å². The Kier molecular flexibility index (Phi) is 16.5. The number of rotatable bonds is 19. The number of unbranched alkanes of at least 4 members (excludes halogenated alkanes) is 2. The molecule has 2 heterocycles. The number of nitrogens with zero attached hydrogens (tertiary/aromatic N) is 4. The molecule has 2 rings (SSSR count). The van der Waals surface area contributed by atoms with Gasteiger partial charge in [-0.3, -0.25) is 24.0 Å². The second kappa shape index (κ2) is 19.8. The minimum atomic E-state index is -0.876. The van der Waals surface area contributed by atoms with Gasteiger partial charge in [-0.25, -0.2) is 10.1 Å². The Balaban J connectivity index is 2.07. The van der Waals surface area contributed by atoms with E-state index in [1.54, 1.807) is 23.6 Å². The van der Waals surface area contributed by atoms with E-state index < -0.39 is 41.0 Å². The number of hydrogen-bond donors (Lipinski definition) is 5. The molecule has 0 spiro atoms. The molecule has 0 bridgehead atoms. The molecule has 0 aromatic heterocycles. The van der Waals surface area contributed by atoms with Crippen molar-refractivity contribution in [1.82, 2.24) is 25.8 Å². The third-order valence-electron chi connectivity index (χ3n) is 8.81. The van der Waals surface area contributed by atoms with Crippen LogP contribution in [0, 0.1) is 22.0 Å². The van der Waals surface area contributed by atoms with E-state index in [1.807, 2.05) is 13.8 Å². The molecular weight excluding hydrogens is 610 g/mol. The Morgan fingerprint density at radius 2 is 1.62 bits per heavy atom. The van der Waals surface area contributed by atoms with E-state index in [0.29, 0.717) is 71.0 Å². The number of likely N-dealkylation sites (tertiary alicyclic amines) is 2. The Morgan fingerprint density at radius 3 is 2.23 bits per heavy atom. The van der Waals surface area contributed by atoms with Gasteiger partial charge in [0.2, 0.25) is 23.6 Å². The lowest BCUT2D eigenvalue weighted by Gasteiger charge is -2.33. The molecule has 2 saturated heterocycles. The van der Waals surface area contributed by atoms with Crippen molar-refractivity contribution in [1.29, 1.82) is 0 Å². The number of hydrogen-bond acceptors (Lipinski definition) is 8. The zero-order chi connectivity index (χ0) is 35.1. The highest BCUT2D eigenvalue weighted by Crippen LogP contribution is 2.28. The molecule has 0 aliphatic carbocycles. The van der Waals surface area contributed by atoms with Crippen molar-refractivity contribution in [2.75, 3.05) is 26.2 Å². The Morgan fingerprint density at radius 1 is 0.957 bits per heavy atom. The fraction of sp³-hybridized carbons (Fsp3) is 0.806. The van der Waals surface area contributed by atoms with E-state index in [9.17, 15) is 34.1 Å². The lowest BCUT2D eigenvalue weighted by atomic mass is 9.95. The molecule has 0 aromatic carbocycles. The van der Waals surface area contributed by atoms with Gasteiger partial charge in [0.1, 0.15) is 23.2 Å². The van der Waals surface area contributed by atoms with Crippen molar-refractivity contribution in [3.05, 3.63) is 10.1 Å². The first-order chi connectivity index (χ1) is 22.3. The van der Waals surface area contributed by atoms with Gasteiger partial charge in [0.15, 0.2) is 10.8 Å². The third kappa shape index (κ3) is 12.4. The quantitative estimate of drug-likeness (QED) is 0.0424. The number of guanidine groups is 1. The van der Waals surface area contributed by atoms with Gasteiger partial charge in [0, 0.05) is 26.1 Å². The molecule has 0 radical (unpaired) electrons. The second-order valence-corrected chi connectivity index (χ2v) is 13.0. The second-order valence-electron chi connectivity index (χ2n) is 13.0. The van der Waals surface area contributed by atoms with Gasteiger partial charge in [0.05, 0.1) is 12.6 Å². The molecule has 0 aromatic rings. The van der Waals surface area contributed by atoms with Gasteiger partial charge in [-0.2, -0.15) is 0 Å². The maximum Gasteiger partial charge on any atom is 0.266 e. The summed E-state index contributed by atoms with van der Waals surface area (Å²) in [7, 11) is 0. The molecule has 266 valence electrons. The van der Waals surface area contributed by atoms with E-state index in [2.05, 4.69) is 21.1 Å². The van der Waals surface area contributed by atoms with Crippen LogP contribution < -0.4 is 27.4 Å². The Hall–Kier alpha value is -3.82. The smallest absolute Gasteiger partial charge is 0.266 e. The van der Waals surface area contributed by atoms with Gasteiger partial charge in [-0.05, 0) is 56.8 Å². The summed E-state index contributed by atoms with van der Waals surface area (Å²) in [4.78, 5) is 80.1. The SMILES string of the molecule is CCCCCC(NC(=O)C(NC(=O)CN)C(C)C)C(=O)N1CCCC1C(=O)N1CCCC1C(=O)CC(C)CCCN/C(N)=N\[N+](=O)[O-]. The minimum absolute atomic E-state index is 0.0226. The lowest BCUT2D eigenvalue weighted by Crippen LogP contribution is -2.58.